The zero-order chi connectivity index (χ0) is 19.2. The fourth-order valence-electron chi connectivity index (χ4n) is 2.92. The van der Waals surface area contributed by atoms with Crippen LogP contribution in [0.25, 0.3) is 0 Å². The third kappa shape index (κ3) is 11.2. The summed E-state index contributed by atoms with van der Waals surface area (Å²) >= 11 is 10.9. The van der Waals surface area contributed by atoms with Gasteiger partial charge in [-0.2, -0.15) is 0 Å². The van der Waals surface area contributed by atoms with Crippen molar-refractivity contribution in [3.05, 3.63) is 0 Å². The summed E-state index contributed by atoms with van der Waals surface area (Å²) in [6.07, 6.45) is 9.91. The molecule has 2 aliphatic rings. The zero-order valence-corrected chi connectivity index (χ0v) is 21.0. The van der Waals surface area contributed by atoms with Crippen LogP contribution in [0, 0.1) is 0 Å². The van der Waals surface area contributed by atoms with E-state index in [1.54, 1.807) is 21.6 Å². The van der Waals surface area contributed by atoms with Crippen LogP contribution in [0.4, 0.5) is 0 Å². The van der Waals surface area contributed by atoms with Crippen molar-refractivity contribution >= 4 is 76.3 Å². The van der Waals surface area contributed by atoms with Crippen LogP contribution >= 0.6 is 67.6 Å². The van der Waals surface area contributed by atoms with Gasteiger partial charge in [-0.05, 0) is 73.0 Å². The van der Waals surface area contributed by atoms with Gasteiger partial charge < -0.3 is 14.5 Å². The van der Waals surface area contributed by atoms with Crippen LogP contribution in [-0.4, -0.2) is 69.3 Å². The van der Waals surface area contributed by atoms with E-state index in [1.807, 2.05) is 21.6 Å². The number of nitrogens with zero attached hydrogens (tertiary/aromatic N) is 2. The summed E-state index contributed by atoms with van der Waals surface area (Å²) in [5.74, 6) is 2.32. The minimum absolute atomic E-state index is 0.892. The minimum Gasteiger partial charge on any atom is -0.381 e. The molecule has 0 bridgehead atoms. The quantitative estimate of drug-likeness (QED) is 0.184. The highest BCUT2D eigenvalue weighted by Gasteiger charge is 2.15. The molecule has 0 aromatic carbocycles. The lowest BCUT2D eigenvalue weighted by Crippen LogP contribution is -2.22. The van der Waals surface area contributed by atoms with E-state index in [2.05, 4.69) is 9.80 Å². The Morgan fingerprint density at radius 3 is 1.48 bits per heavy atom. The molecule has 0 aromatic rings. The van der Waals surface area contributed by atoms with E-state index >= 15 is 0 Å². The smallest absolute Gasteiger partial charge is 0.147 e. The van der Waals surface area contributed by atoms with E-state index in [9.17, 15) is 0 Å². The maximum absolute atomic E-state index is 5.75. The van der Waals surface area contributed by atoms with Gasteiger partial charge in [0, 0.05) is 50.9 Å². The lowest BCUT2D eigenvalue weighted by atomic mass is 10.3. The molecule has 0 spiro atoms. The van der Waals surface area contributed by atoms with Crippen LogP contribution < -0.4 is 0 Å². The van der Waals surface area contributed by atoms with Crippen molar-refractivity contribution in [1.82, 2.24) is 9.80 Å². The molecular formula is C18H32N2OS6. The van der Waals surface area contributed by atoms with Gasteiger partial charge in [-0.3, -0.25) is 0 Å². The molecule has 2 fully saturated rings. The Hall–Kier alpha value is 1.14. The monoisotopic (exact) mass is 484 g/mol. The first-order valence-electron chi connectivity index (χ1n) is 10.0. The Morgan fingerprint density at radius 2 is 1.07 bits per heavy atom. The molecular weight excluding hydrogens is 453 g/mol. The SMILES string of the molecule is S=C(SSCCCCOCCCCSSC(=S)N1CCCC1)N1CCCC1. The molecule has 0 unspecified atom stereocenters. The molecule has 0 radical (unpaired) electrons. The van der Waals surface area contributed by atoms with Crippen LogP contribution in [0.3, 0.4) is 0 Å². The maximum atomic E-state index is 5.75. The number of thiocarbonyl (C=S) groups is 2. The van der Waals surface area contributed by atoms with Crippen molar-refractivity contribution in [2.75, 3.05) is 50.9 Å². The molecule has 2 rings (SSSR count). The van der Waals surface area contributed by atoms with Crippen LogP contribution in [0.5, 0.6) is 0 Å². The molecule has 3 nitrogen and oxygen atoms in total. The Labute approximate surface area is 192 Å². The second-order valence-electron chi connectivity index (χ2n) is 6.76. The average Bonchev–Trinajstić information content (AvgIpc) is 3.39. The molecule has 0 N–H and O–H groups in total. The normalized spacial score (nSPS) is 17.0. The summed E-state index contributed by atoms with van der Waals surface area (Å²) in [7, 11) is 7.35. The van der Waals surface area contributed by atoms with Crippen molar-refractivity contribution in [2.24, 2.45) is 0 Å². The predicted octanol–water partition coefficient (Wildman–Crippen LogP) is 6.09. The first-order chi connectivity index (χ1) is 13.3. The summed E-state index contributed by atoms with van der Waals surface area (Å²) in [6.45, 7) is 6.40. The van der Waals surface area contributed by atoms with Crippen LogP contribution in [0.15, 0.2) is 0 Å². The summed E-state index contributed by atoms with van der Waals surface area (Å²) < 4.78 is 7.90. The van der Waals surface area contributed by atoms with Crippen molar-refractivity contribution in [3.8, 4) is 0 Å². The Balaban J connectivity index is 1.27. The summed E-state index contributed by atoms with van der Waals surface area (Å²) in [5.41, 5.74) is 0. The van der Waals surface area contributed by atoms with Crippen LogP contribution in [0.2, 0.25) is 0 Å². The topological polar surface area (TPSA) is 15.7 Å². The van der Waals surface area contributed by atoms with Crippen molar-refractivity contribution < 1.29 is 4.74 Å². The second-order valence-corrected chi connectivity index (χ2v) is 12.9. The first kappa shape index (κ1) is 24.4. The highest BCUT2D eigenvalue weighted by Crippen LogP contribution is 2.29. The standard InChI is InChI=1S/C18H32N2OS6/c22-17(19-9-1-2-10-19)26-24-15-7-5-13-21-14-6-8-16-25-27-18(23)20-11-3-4-12-20/h1-16H2. The third-order valence-electron chi connectivity index (χ3n) is 4.52. The van der Waals surface area contributed by atoms with Gasteiger partial charge >= 0.3 is 0 Å². The molecule has 0 aliphatic carbocycles. The Morgan fingerprint density at radius 1 is 0.667 bits per heavy atom. The molecule has 0 saturated carbocycles. The lowest BCUT2D eigenvalue weighted by Gasteiger charge is -2.16. The van der Waals surface area contributed by atoms with Crippen LogP contribution in [-0.2, 0) is 4.74 Å². The van der Waals surface area contributed by atoms with E-state index in [1.165, 1.54) is 38.5 Å². The minimum atomic E-state index is 0.892. The van der Waals surface area contributed by atoms with E-state index in [-0.39, 0.29) is 0 Å². The number of ether oxygens (including phenoxy) is 1. The van der Waals surface area contributed by atoms with Crippen molar-refractivity contribution in [2.45, 2.75) is 51.4 Å². The van der Waals surface area contributed by atoms with Gasteiger partial charge in [-0.15, -0.1) is 0 Å². The number of unbranched alkanes of at least 4 members (excludes halogenated alkanes) is 2. The van der Waals surface area contributed by atoms with Gasteiger partial charge in [-0.25, -0.2) is 0 Å². The van der Waals surface area contributed by atoms with Gasteiger partial charge in [0.15, 0.2) is 0 Å². The summed E-state index contributed by atoms with van der Waals surface area (Å²) in [5, 5.41) is 0. The van der Waals surface area contributed by atoms with E-state index < -0.39 is 0 Å². The van der Waals surface area contributed by atoms with Gasteiger partial charge in [0.2, 0.25) is 0 Å². The molecule has 2 aliphatic heterocycles. The molecule has 27 heavy (non-hydrogen) atoms. The average molecular weight is 485 g/mol. The fraction of sp³-hybridized carbons (Fsp3) is 0.889. The van der Waals surface area contributed by atoms with Gasteiger partial charge in [0.25, 0.3) is 0 Å². The predicted molar refractivity (Wildman–Crippen MR) is 136 cm³/mol. The number of hydrogen-bond acceptors (Lipinski definition) is 7. The first-order valence-corrected chi connectivity index (χ1v) is 15.5. The molecule has 0 atom stereocenters. The zero-order valence-electron chi connectivity index (χ0n) is 16.1. The highest BCUT2D eigenvalue weighted by atomic mass is 33.1. The van der Waals surface area contributed by atoms with Crippen LogP contribution in [0.1, 0.15) is 51.4 Å². The molecule has 2 saturated heterocycles. The largest absolute Gasteiger partial charge is 0.381 e. The Kier molecular flexibility index (Phi) is 14.4. The van der Waals surface area contributed by atoms with Gasteiger partial charge in [-0.1, -0.05) is 46.0 Å². The lowest BCUT2D eigenvalue weighted by molar-refractivity contribution is 0.129. The molecule has 156 valence electrons. The number of hydrogen-bond donors (Lipinski definition) is 0. The molecule has 2 heterocycles. The molecule has 9 heteroatoms. The molecule has 0 aromatic heterocycles. The van der Waals surface area contributed by atoms with Crippen molar-refractivity contribution in [3.63, 3.8) is 0 Å². The third-order valence-corrected chi connectivity index (χ3v) is 10.8. The fourth-order valence-corrected chi connectivity index (χ4v) is 8.19. The highest BCUT2D eigenvalue weighted by molar-refractivity contribution is 8.84. The maximum Gasteiger partial charge on any atom is 0.147 e. The van der Waals surface area contributed by atoms with E-state index in [4.69, 9.17) is 29.2 Å². The van der Waals surface area contributed by atoms with Gasteiger partial charge in [0.1, 0.15) is 8.64 Å². The van der Waals surface area contributed by atoms with Gasteiger partial charge in [0.05, 0.1) is 0 Å². The second kappa shape index (κ2) is 15.9. The van der Waals surface area contributed by atoms with E-state index in [0.717, 1.165) is 72.4 Å². The van der Waals surface area contributed by atoms with Crippen molar-refractivity contribution in [1.29, 1.82) is 0 Å². The molecule has 0 amide bonds. The Bertz CT molecular complexity index is 390. The summed E-state index contributed by atoms with van der Waals surface area (Å²) in [6, 6.07) is 0. The number of likely N-dealkylation sites (tertiary alicyclic amines) is 2. The summed E-state index contributed by atoms with van der Waals surface area (Å²) in [4.78, 5) is 4.68. The number of rotatable bonds is 12. The van der Waals surface area contributed by atoms with E-state index in [0.29, 0.717) is 0 Å².